The molecule has 0 aliphatic heterocycles. The van der Waals surface area contributed by atoms with Gasteiger partial charge in [-0.25, -0.2) is 0 Å². The first kappa shape index (κ1) is 12.5. The predicted molar refractivity (Wildman–Crippen MR) is 66.2 cm³/mol. The summed E-state index contributed by atoms with van der Waals surface area (Å²) in [6.45, 7) is 10.4. The van der Waals surface area contributed by atoms with Gasteiger partial charge in [0.05, 0.1) is 0 Å². The van der Waals surface area contributed by atoms with Gasteiger partial charge in [-0.3, -0.25) is 4.79 Å². The third-order valence-electron chi connectivity index (χ3n) is 2.54. The lowest BCUT2D eigenvalue weighted by molar-refractivity contribution is 0.112. The Kier molecular flexibility index (Phi) is 4.29. The summed E-state index contributed by atoms with van der Waals surface area (Å²) in [5.74, 6) is 0.861. The largest absolute Gasteiger partial charge is 0.489 e. The maximum atomic E-state index is 10.7. The van der Waals surface area contributed by atoms with Crippen LogP contribution >= 0.6 is 0 Å². The molecule has 0 saturated carbocycles. The van der Waals surface area contributed by atoms with Gasteiger partial charge in [-0.15, -0.1) is 0 Å². The van der Waals surface area contributed by atoms with Crippen LogP contribution in [0.25, 0.3) is 0 Å². The lowest BCUT2D eigenvalue weighted by Crippen LogP contribution is -2.03. The maximum Gasteiger partial charge on any atom is 0.150 e. The summed E-state index contributed by atoms with van der Waals surface area (Å²) in [7, 11) is 0. The molecule has 0 radical (unpaired) electrons. The summed E-state index contributed by atoms with van der Waals surface area (Å²) in [5, 5.41) is 0. The molecule has 0 heterocycles. The lowest BCUT2D eigenvalue weighted by atomic mass is 10.1. The van der Waals surface area contributed by atoms with Gasteiger partial charge in [0.15, 0.2) is 0 Å². The number of aldehydes is 1. The number of benzene rings is 1. The second-order valence-corrected chi connectivity index (χ2v) is 3.99. The van der Waals surface area contributed by atoms with Gasteiger partial charge in [0, 0.05) is 5.56 Å². The summed E-state index contributed by atoms with van der Waals surface area (Å²) >= 11 is 0. The quantitative estimate of drug-likeness (QED) is 0.559. The SMILES string of the molecule is C=C(CC)COc1c(C)cc(C=O)cc1C. The normalized spacial score (nSPS) is 9.94. The van der Waals surface area contributed by atoms with Crippen LogP contribution in [0.5, 0.6) is 5.75 Å². The summed E-state index contributed by atoms with van der Waals surface area (Å²) in [6.07, 6.45) is 1.78. The van der Waals surface area contributed by atoms with E-state index in [1.165, 1.54) is 0 Å². The van der Waals surface area contributed by atoms with Gasteiger partial charge < -0.3 is 4.74 Å². The molecule has 0 spiro atoms. The van der Waals surface area contributed by atoms with Gasteiger partial charge in [-0.05, 0) is 49.1 Å². The van der Waals surface area contributed by atoms with Crippen LogP contribution in [0.15, 0.2) is 24.3 Å². The molecule has 0 bridgehead atoms. The van der Waals surface area contributed by atoms with Crippen LogP contribution in [0, 0.1) is 13.8 Å². The first-order valence-electron chi connectivity index (χ1n) is 5.44. The number of carbonyl (C=O) groups excluding carboxylic acids is 1. The van der Waals surface area contributed by atoms with E-state index in [-0.39, 0.29) is 0 Å². The Morgan fingerprint density at radius 2 is 1.94 bits per heavy atom. The highest BCUT2D eigenvalue weighted by atomic mass is 16.5. The van der Waals surface area contributed by atoms with E-state index < -0.39 is 0 Å². The Balaban J connectivity index is 2.88. The van der Waals surface area contributed by atoms with Crippen molar-refractivity contribution in [2.75, 3.05) is 6.61 Å². The van der Waals surface area contributed by atoms with E-state index in [0.717, 1.165) is 35.2 Å². The smallest absolute Gasteiger partial charge is 0.150 e. The molecule has 0 saturated heterocycles. The molecule has 0 amide bonds. The van der Waals surface area contributed by atoms with Crippen molar-refractivity contribution in [3.8, 4) is 5.75 Å². The van der Waals surface area contributed by atoms with Crippen molar-refractivity contribution in [3.63, 3.8) is 0 Å². The van der Waals surface area contributed by atoms with E-state index in [1.807, 2.05) is 26.0 Å². The molecule has 1 aromatic carbocycles. The number of ether oxygens (including phenoxy) is 1. The summed E-state index contributed by atoms with van der Waals surface area (Å²) in [6, 6.07) is 3.67. The average Bonchev–Trinajstić information content (AvgIpc) is 2.27. The first-order valence-corrected chi connectivity index (χ1v) is 5.44. The standard InChI is InChI=1S/C14H18O2/c1-5-10(2)9-16-14-11(3)6-13(8-15)7-12(14)4/h6-8H,2,5,9H2,1,3-4H3. The molecule has 0 aromatic heterocycles. The van der Waals surface area contributed by atoms with Crippen molar-refractivity contribution in [3.05, 3.63) is 41.0 Å². The van der Waals surface area contributed by atoms with Gasteiger partial charge in [0.2, 0.25) is 0 Å². The van der Waals surface area contributed by atoms with Crippen molar-refractivity contribution in [2.45, 2.75) is 27.2 Å². The van der Waals surface area contributed by atoms with Crippen LogP contribution in [0.4, 0.5) is 0 Å². The van der Waals surface area contributed by atoms with Gasteiger partial charge in [0.1, 0.15) is 18.6 Å². The zero-order valence-electron chi connectivity index (χ0n) is 10.2. The van der Waals surface area contributed by atoms with Gasteiger partial charge in [-0.1, -0.05) is 13.5 Å². The molecule has 0 aliphatic carbocycles. The number of hydrogen-bond donors (Lipinski definition) is 0. The van der Waals surface area contributed by atoms with Crippen LogP contribution in [0.1, 0.15) is 34.8 Å². The molecule has 0 atom stereocenters. The van der Waals surface area contributed by atoms with Crippen LogP contribution in [0.3, 0.4) is 0 Å². The Morgan fingerprint density at radius 3 is 2.38 bits per heavy atom. The van der Waals surface area contributed by atoms with E-state index >= 15 is 0 Å². The molecule has 16 heavy (non-hydrogen) atoms. The van der Waals surface area contributed by atoms with Crippen molar-refractivity contribution in [1.29, 1.82) is 0 Å². The zero-order valence-corrected chi connectivity index (χ0v) is 10.2. The summed E-state index contributed by atoms with van der Waals surface area (Å²) < 4.78 is 5.70. The topological polar surface area (TPSA) is 26.3 Å². The maximum absolute atomic E-state index is 10.7. The molecular formula is C14H18O2. The number of hydrogen-bond acceptors (Lipinski definition) is 2. The van der Waals surface area contributed by atoms with Crippen LogP contribution in [0.2, 0.25) is 0 Å². The molecule has 1 rings (SSSR count). The highest BCUT2D eigenvalue weighted by Crippen LogP contribution is 2.24. The zero-order chi connectivity index (χ0) is 12.1. The minimum atomic E-state index is 0.540. The van der Waals surface area contributed by atoms with E-state index in [4.69, 9.17) is 4.74 Å². The average molecular weight is 218 g/mol. The Morgan fingerprint density at radius 1 is 1.38 bits per heavy atom. The highest BCUT2D eigenvalue weighted by molar-refractivity contribution is 5.76. The second-order valence-electron chi connectivity index (χ2n) is 3.99. The molecular weight excluding hydrogens is 200 g/mol. The molecule has 0 fully saturated rings. The number of rotatable bonds is 5. The molecule has 0 unspecified atom stereocenters. The van der Waals surface area contributed by atoms with E-state index in [2.05, 4.69) is 13.5 Å². The van der Waals surface area contributed by atoms with Gasteiger partial charge in [0.25, 0.3) is 0 Å². The Labute approximate surface area is 96.9 Å². The number of carbonyl (C=O) groups is 1. The van der Waals surface area contributed by atoms with Crippen molar-refractivity contribution in [2.24, 2.45) is 0 Å². The fourth-order valence-corrected chi connectivity index (χ4v) is 1.56. The van der Waals surface area contributed by atoms with Crippen LogP contribution in [-0.2, 0) is 0 Å². The van der Waals surface area contributed by atoms with Crippen LogP contribution < -0.4 is 4.74 Å². The molecule has 86 valence electrons. The fraction of sp³-hybridized carbons (Fsp3) is 0.357. The van der Waals surface area contributed by atoms with Crippen molar-refractivity contribution < 1.29 is 9.53 Å². The Hall–Kier alpha value is -1.57. The molecule has 0 N–H and O–H groups in total. The predicted octanol–water partition coefficient (Wildman–Crippen LogP) is 3.46. The first-order chi connectivity index (χ1) is 7.58. The number of aryl methyl sites for hydroxylation is 2. The van der Waals surface area contributed by atoms with Gasteiger partial charge >= 0.3 is 0 Å². The van der Waals surface area contributed by atoms with Crippen molar-refractivity contribution >= 4 is 6.29 Å². The lowest BCUT2D eigenvalue weighted by Gasteiger charge is -2.13. The van der Waals surface area contributed by atoms with E-state index in [9.17, 15) is 4.79 Å². The van der Waals surface area contributed by atoms with Crippen LogP contribution in [-0.4, -0.2) is 12.9 Å². The van der Waals surface area contributed by atoms with Gasteiger partial charge in [-0.2, -0.15) is 0 Å². The second kappa shape index (κ2) is 5.50. The highest BCUT2D eigenvalue weighted by Gasteiger charge is 2.06. The molecule has 2 heteroatoms. The monoisotopic (exact) mass is 218 g/mol. The minimum Gasteiger partial charge on any atom is -0.489 e. The molecule has 2 nitrogen and oxygen atoms in total. The third kappa shape index (κ3) is 2.96. The Bertz CT molecular complexity index is 382. The summed E-state index contributed by atoms with van der Waals surface area (Å²) in [4.78, 5) is 10.7. The third-order valence-corrected chi connectivity index (χ3v) is 2.54. The van der Waals surface area contributed by atoms with E-state index in [1.54, 1.807) is 0 Å². The summed E-state index contributed by atoms with van der Waals surface area (Å²) in [5.41, 5.74) is 3.74. The van der Waals surface area contributed by atoms with E-state index in [0.29, 0.717) is 12.2 Å². The molecule has 0 aliphatic rings. The molecule has 1 aromatic rings. The van der Waals surface area contributed by atoms with Crippen molar-refractivity contribution in [1.82, 2.24) is 0 Å². The minimum absolute atomic E-state index is 0.540. The fourth-order valence-electron chi connectivity index (χ4n) is 1.56.